The van der Waals surface area contributed by atoms with E-state index in [4.69, 9.17) is 18.9 Å². The lowest BCUT2D eigenvalue weighted by molar-refractivity contribution is -0.189. The van der Waals surface area contributed by atoms with Gasteiger partial charge < -0.3 is 18.9 Å². The second kappa shape index (κ2) is 4.70. The fourth-order valence-corrected chi connectivity index (χ4v) is 2.45. The van der Waals surface area contributed by atoms with Crippen LogP contribution < -0.4 is 0 Å². The zero-order valence-electron chi connectivity index (χ0n) is 10.4. The van der Waals surface area contributed by atoms with Crippen molar-refractivity contribution in [3.05, 3.63) is 12.2 Å². The third-order valence-electron chi connectivity index (χ3n) is 3.31. The van der Waals surface area contributed by atoms with Crippen molar-refractivity contribution in [1.82, 2.24) is 0 Å². The van der Waals surface area contributed by atoms with Gasteiger partial charge in [0.25, 0.3) is 0 Å². The maximum atomic E-state index is 12.0. The zero-order chi connectivity index (χ0) is 13.2. The fourth-order valence-electron chi connectivity index (χ4n) is 2.45. The Kier molecular flexibility index (Phi) is 3.41. The smallest absolute Gasteiger partial charge is 0.323 e. The summed E-state index contributed by atoms with van der Waals surface area (Å²) < 4.78 is 20.5. The van der Waals surface area contributed by atoms with E-state index in [9.17, 15) is 9.59 Å². The van der Waals surface area contributed by atoms with Crippen LogP contribution in [0.5, 0.6) is 0 Å². The van der Waals surface area contributed by atoms with Crippen molar-refractivity contribution in [2.45, 2.75) is 18.6 Å². The van der Waals surface area contributed by atoms with E-state index in [0.717, 1.165) is 0 Å². The minimum atomic E-state index is -1.39. The molecule has 0 aromatic heterocycles. The maximum absolute atomic E-state index is 12.0. The predicted molar refractivity (Wildman–Crippen MR) is 59.5 cm³/mol. The predicted octanol–water partition coefficient (Wildman–Crippen LogP) is 0.412. The molecule has 0 aromatic rings. The summed E-state index contributed by atoms with van der Waals surface area (Å²) in [6.07, 6.45) is 3.74. The largest absolute Gasteiger partial charge is 0.468 e. The SMILES string of the molecule is COC(=O)C1(C(=O)OC)CC=CC2(C1)OCCO2. The van der Waals surface area contributed by atoms with Crippen LogP contribution in [0.3, 0.4) is 0 Å². The second-order valence-corrected chi connectivity index (χ2v) is 4.36. The number of methoxy groups -OCH3 is 2. The zero-order valence-corrected chi connectivity index (χ0v) is 10.4. The lowest BCUT2D eigenvalue weighted by atomic mass is 9.74. The number of hydrogen-bond donors (Lipinski definition) is 0. The number of carbonyl (C=O) groups is 2. The van der Waals surface area contributed by atoms with E-state index in [0.29, 0.717) is 13.2 Å². The van der Waals surface area contributed by atoms with E-state index < -0.39 is 23.1 Å². The first-order valence-corrected chi connectivity index (χ1v) is 5.71. The van der Waals surface area contributed by atoms with E-state index in [-0.39, 0.29) is 12.8 Å². The molecule has 6 nitrogen and oxygen atoms in total. The fraction of sp³-hybridized carbons (Fsp3) is 0.667. The van der Waals surface area contributed by atoms with Gasteiger partial charge in [0, 0.05) is 6.42 Å². The number of rotatable bonds is 2. The normalized spacial score (nSPS) is 23.9. The lowest BCUT2D eigenvalue weighted by Crippen LogP contribution is -2.49. The molecular formula is C12H16O6. The quantitative estimate of drug-likeness (QED) is 0.405. The Labute approximate surface area is 105 Å². The monoisotopic (exact) mass is 256 g/mol. The van der Waals surface area contributed by atoms with Gasteiger partial charge in [0.05, 0.1) is 27.4 Å². The molecule has 0 unspecified atom stereocenters. The van der Waals surface area contributed by atoms with Crippen LogP contribution in [0.1, 0.15) is 12.8 Å². The highest BCUT2D eigenvalue weighted by atomic mass is 16.7. The van der Waals surface area contributed by atoms with Crippen molar-refractivity contribution in [2.75, 3.05) is 27.4 Å². The molecule has 0 amide bonds. The first-order valence-electron chi connectivity index (χ1n) is 5.71. The van der Waals surface area contributed by atoms with Crippen LogP contribution in [0.2, 0.25) is 0 Å². The van der Waals surface area contributed by atoms with E-state index >= 15 is 0 Å². The molecule has 0 saturated carbocycles. The molecule has 0 bridgehead atoms. The minimum absolute atomic E-state index is 0.0792. The molecule has 1 fully saturated rings. The molecule has 1 aliphatic heterocycles. The van der Waals surface area contributed by atoms with Crippen LogP contribution in [0.4, 0.5) is 0 Å². The van der Waals surface area contributed by atoms with Crippen LogP contribution in [0.15, 0.2) is 12.2 Å². The summed E-state index contributed by atoms with van der Waals surface area (Å²) in [5.74, 6) is -2.27. The molecular weight excluding hydrogens is 240 g/mol. The number of allylic oxidation sites excluding steroid dienone is 1. The van der Waals surface area contributed by atoms with Crippen LogP contribution in [0, 0.1) is 5.41 Å². The second-order valence-electron chi connectivity index (χ2n) is 4.36. The van der Waals surface area contributed by atoms with Gasteiger partial charge in [-0.3, -0.25) is 9.59 Å². The molecule has 2 rings (SSSR count). The standard InChI is InChI=1S/C12H16O6/c1-15-9(13)11(10(14)16-2)4-3-5-12(8-11)17-6-7-18-12/h3,5H,4,6-8H2,1-2H3. The summed E-state index contributed by atoms with van der Waals surface area (Å²) >= 11 is 0. The van der Waals surface area contributed by atoms with Gasteiger partial charge >= 0.3 is 11.9 Å². The molecule has 1 aliphatic carbocycles. The Morgan fingerprint density at radius 2 is 1.67 bits per heavy atom. The summed E-state index contributed by atoms with van der Waals surface area (Å²) in [5.41, 5.74) is -1.39. The van der Waals surface area contributed by atoms with Gasteiger partial charge in [-0.25, -0.2) is 0 Å². The van der Waals surface area contributed by atoms with Crippen LogP contribution in [-0.2, 0) is 28.5 Å². The van der Waals surface area contributed by atoms with Crippen molar-refractivity contribution in [2.24, 2.45) is 5.41 Å². The van der Waals surface area contributed by atoms with Gasteiger partial charge in [0.15, 0.2) is 11.2 Å². The van der Waals surface area contributed by atoms with Gasteiger partial charge in [-0.1, -0.05) is 6.08 Å². The Balaban J connectivity index is 2.34. The van der Waals surface area contributed by atoms with Gasteiger partial charge in [0.2, 0.25) is 0 Å². The maximum Gasteiger partial charge on any atom is 0.323 e. The third-order valence-corrected chi connectivity index (χ3v) is 3.31. The number of carbonyl (C=O) groups excluding carboxylic acids is 2. The molecule has 0 radical (unpaired) electrons. The Bertz CT molecular complexity index is 364. The van der Waals surface area contributed by atoms with Crippen LogP contribution in [-0.4, -0.2) is 45.2 Å². The molecule has 18 heavy (non-hydrogen) atoms. The van der Waals surface area contributed by atoms with Crippen LogP contribution in [0.25, 0.3) is 0 Å². The van der Waals surface area contributed by atoms with Crippen molar-refractivity contribution in [3.63, 3.8) is 0 Å². The van der Waals surface area contributed by atoms with Gasteiger partial charge in [-0.2, -0.15) is 0 Å². The first kappa shape index (κ1) is 13.0. The van der Waals surface area contributed by atoms with Gasteiger partial charge in [-0.15, -0.1) is 0 Å². The van der Waals surface area contributed by atoms with E-state index in [1.54, 1.807) is 12.2 Å². The first-order chi connectivity index (χ1) is 8.58. The van der Waals surface area contributed by atoms with E-state index in [1.807, 2.05) is 0 Å². The lowest BCUT2D eigenvalue weighted by Gasteiger charge is -2.37. The van der Waals surface area contributed by atoms with Crippen molar-refractivity contribution < 1.29 is 28.5 Å². The van der Waals surface area contributed by atoms with Gasteiger partial charge in [0.1, 0.15) is 0 Å². The molecule has 0 aromatic carbocycles. The molecule has 0 N–H and O–H groups in total. The molecule has 1 saturated heterocycles. The van der Waals surface area contributed by atoms with E-state index in [2.05, 4.69) is 0 Å². The third kappa shape index (κ3) is 1.91. The summed E-state index contributed by atoms with van der Waals surface area (Å²) in [4.78, 5) is 23.9. The summed E-state index contributed by atoms with van der Waals surface area (Å²) in [6.45, 7) is 0.867. The summed E-state index contributed by atoms with van der Waals surface area (Å²) in [5, 5.41) is 0. The highest BCUT2D eigenvalue weighted by Crippen LogP contribution is 2.43. The molecule has 1 spiro atoms. The van der Waals surface area contributed by atoms with Crippen molar-refractivity contribution in [3.8, 4) is 0 Å². The van der Waals surface area contributed by atoms with E-state index in [1.165, 1.54) is 14.2 Å². The molecule has 1 heterocycles. The van der Waals surface area contributed by atoms with Gasteiger partial charge in [-0.05, 0) is 12.5 Å². The summed E-state index contributed by atoms with van der Waals surface area (Å²) in [7, 11) is 2.49. The average Bonchev–Trinajstić information content (AvgIpc) is 2.84. The van der Waals surface area contributed by atoms with Crippen molar-refractivity contribution >= 4 is 11.9 Å². The number of esters is 2. The molecule has 6 heteroatoms. The topological polar surface area (TPSA) is 71.1 Å². The average molecular weight is 256 g/mol. The number of hydrogen-bond acceptors (Lipinski definition) is 6. The Morgan fingerprint density at radius 1 is 1.11 bits per heavy atom. The minimum Gasteiger partial charge on any atom is -0.468 e. The molecule has 100 valence electrons. The highest BCUT2D eigenvalue weighted by Gasteiger charge is 2.56. The molecule has 2 aliphatic rings. The highest BCUT2D eigenvalue weighted by molar-refractivity contribution is 6.00. The Morgan fingerprint density at radius 3 is 2.17 bits per heavy atom. The molecule has 0 atom stereocenters. The number of ether oxygens (including phenoxy) is 4. The van der Waals surface area contributed by atoms with Crippen molar-refractivity contribution in [1.29, 1.82) is 0 Å². The Hall–Kier alpha value is -1.40. The van der Waals surface area contributed by atoms with Crippen LogP contribution >= 0.6 is 0 Å². The summed E-state index contributed by atoms with van der Waals surface area (Å²) in [6, 6.07) is 0.